The Hall–Kier alpha value is -4.12. The Morgan fingerprint density at radius 1 is 0.971 bits per heavy atom. The first kappa shape index (κ1) is 24.0. The van der Waals surface area contributed by atoms with Crippen LogP contribution in [-0.4, -0.2) is 40.0 Å². The minimum Gasteiger partial charge on any atom is -0.478 e. The molecule has 1 atom stereocenters. The van der Waals surface area contributed by atoms with Gasteiger partial charge in [0.2, 0.25) is 0 Å². The number of rotatable bonds is 8. The number of fused-ring (bicyclic) bond motifs is 1. The largest absolute Gasteiger partial charge is 0.478 e. The van der Waals surface area contributed by atoms with Crippen molar-refractivity contribution >= 4 is 22.8 Å². The SMILES string of the molecule is Cc1cc(C)cc(C(=O)N(C)C(C=C(Cc2c[nH]c3ccccc23)C(=O)O)Cc2ccccc2)c1. The highest BCUT2D eigenvalue weighted by molar-refractivity contribution is 5.95. The Balaban J connectivity index is 1.70. The standard InChI is InChI=1S/C30H30N2O3/c1-20-13-21(2)15-23(14-20)29(33)32(3)26(16-22-9-5-4-6-10-22)18-24(30(34)35)17-25-19-31-28-12-8-7-11-27(25)28/h4-15,18-19,26,31H,16-17H2,1-3H3,(H,34,35). The van der Waals surface area contributed by atoms with E-state index in [0.29, 0.717) is 12.0 Å². The second-order valence-electron chi connectivity index (χ2n) is 9.08. The van der Waals surface area contributed by atoms with E-state index in [9.17, 15) is 14.7 Å². The number of hydrogen-bond acceptors (Lipinski definition) is 2. The van der Waals surface area contributed by atoms with E-state index in [0.717, 1.165) is 33.2 Å². The lowest BCUT2D eigenvalue weighted by Gasteiger charge is -2.27. The van der Waals surface area contributed by atoms with Gasteiger partial charge in [0.1, 0.15) is 0 Å². The fourth-order valence-corrected chi connectivity index (χ4v) is 4.54. The number of benzene rings is 3. The molecule has 5 heteroatoms. The maximum absolute atomic E-state index is 13.5. The average molecular weight is 467 g/mol. The summed E-state index contributed by atoms with van der Waals surface area (Å²) in [6.07, 6.45) is 4.37. The van der Waals surface area contributed by atoms with Crippen LogP contribution in [0.4, 0.5) is 0 Å². The molecule has 0 saturated heterocycles. The molecule has 1 heterocycles. The van der Waals surface area contributed by atoms with Crippen molar-refractivity contribution in [1.82, 2.24) is 9.88 Å². The smallest absolute Gasteiger partial charge is 0.331 e. The molecule has 35 heavy (non-hydrogen) atoms. The second kappa shape index (κ2) is 10.4. The Bertz CT molecular complexity index is 1370. The van der Waals surface area contributed by atoms with Gasteiger partial charge in [-0.25, -0.2) is 4.79 Å². The number of aryl methyl sites for hydroxylation is 2. The van der Waals surface area contributed by atoms with Gasteiger partial charge in [-0.15, -0.1) is 0 Å². The van der Waals surface area contributed by atoms with E-state index in [4.69, 9.17) is 0 Å². The van der Waals surface area contributed by atoms with Crippen molar-refractivity contribution in [3.8, 4) is 0 Å². The van der Waals surface area contributed by atoms with Crippen molar-refractivity contribution in [3.63, 3.8) is 0 Å². The van der Waals surface area contributed by atoms with Crippen molar-refractivity contribution in [3.05, 3.63) is 118 Å². The molecule has 1 aromatic heterocycles. The number of hydrogen-bond donors (Lipinski definition) is 2. The number of para-hydroxylation sites is 1. The molecule has 0 aliphatic heterocycles. The van der Waals surface area contributed by atoms with Gasteiger partial charge in [-0.3, -0.25) is 4.79 Å². The molecule has 4 rings (SSSR count). The molecule has 0 aliphatic carbocycles. The van der Waals surface area contributed by atoms with E-state index in [1.165, 1.54) is 0 Å². The minimum atomic E-state index is -0.986. The number of amides is 1. The molecule has 5 nitrogen and oxygen atoms in total. The molecule has 3 aromatic carbocycles. The molecule has 0 fully saturated rings. The number of carbonyl (C=O) groups excluding carboxylic acids is 1. The maximum Gasteiger partial charge on any atom is 0.331 e. The second-order valence-corrected chi connectivity index (χ2v) is 9.08. The minimum absolute atomic E-state index is 0.134. The molecule has 4 aromatic rings. The predicted molar refractivity (Wildman–Crippen MR) is 140 cm³/mol. The Labute approximate surface area is 205 Å². The molecule has 178 valence electrons. The van der Waals surface area contributed by atoms with Crippen molar-refractivity contribution in [1.29, 1.82) is 0 Å². The first-order valence-electron chi connectivity index (χ1n) is 11.7. The maximum atomic E-state index is 13.5. The van der Waals surface area contributed by atoms with E-state index < -0.39 is 12.0 Å². The third-order valence-electron chi connectivity index (χ3n) is 6.30. The van der Waals surface area contributed by atoms with Crippen LogP contribution in [0.25, 0.3) is 10.9 Å². The van der Waals surface area contributed by atoms with Crippen LogP contribution in [0.2, 0.25) is 0 Å². The summed E-state index contributed by atoms with van der Waals surface area (Å²) in [5, 5.41) is 11.1. The zero-order valence-corrected chi connectivity index (χ0v) is 20.3. The summed E-state index contributed by atoms with van der Waals surface area (Å²) in [5.74, 6) is -1.12. The Kier molecular flexibility index (Phi) is 7.16. The van der Waals surface area contributed by atoms with Crippen LogP contribution in [-0.2, 0) is 17.6 Å². The third-order valence-corrected chi connectivity index (χ3v) is 6.30. The quantitative estimate of drug-likeness (QED) is 0.326. The van der Waals surface area contributed by atoms with Gasteiger partial charge in [-0.05, 0) is 49.6 Å². The normalized spacial score (nSPS) is 12.5. The lowest BCUT2D eigenvalue weighted by molar-refractivity contribution is -0.132. The van der Waals surface area contributed by atoms with Crippen molar-refractivity contribution in [2.75, 3.05) is 7.05 Å². The van der Waals surface area contributed by atoms with Gasteiger partial charge in [0.05, 0.1) is 6.04 Å². The van der Waals surface area contributed by atoms with Crippen LogP contribution >= 0.6 is 0 Å². The van der Waals surface area contributed by atoms with Crippen LogP contribution in [0.5, 0.6) is 0 Å². The van der Waals surface area contributed by atoms with Crippen LogP contribution in [0.1, 0.15) is 32.6 Å². The van der Waals surface area contributed by atoms with Crippen LogP contribution in [0.3, 0.4) is 0 Å². The van der Waals surface area contributed by atoms with E-state index in [2.05, 4.69) is 4.98 Å². The molecular formula is C30H30N2O3. The highest BCUT2D eigenvalue weighted by atomic mass is 16.4. The van der Waals surface area contributed by atoms with Gasteiger partial charge in [0.25, 0.3) is 5.91 Å². The number of H-pyrrole nitrogens is 1. The first-order valence-corrected chi connectivity index (χ1v) is 11.7. The highest BCUT2D eigenvalue weighted by Crippen LogP contribution is 2.23. The first-order chi connectivity index (χ1) is 16.8. The third kappa shape index (κ3) is 5.69. The van der Waals surface area contributed by atoms with Crippen molar-refractivity contribution in [2.24, 2.45) is 0 Å². The van der Waals surface area contributed by atoms with Gasteiger partial charge in [0, 0.05) is 41.7 Å². The molecule has 0 aliphatic rings. The zero-order chi connectivity index (χ0) is 24.9. The zero-order valence-electron chi connectivity index (χ0n) is 20.3. The monoisotopic (exact) mass is 466 g/mol. The number of aliphatic carboxylic acids is 1. The van der Waals surface area contributed by atoms with E-state index in [1.807, 2.05) is 92.8 Å². The summed E-state index contributed by atoms with van der Waals surface area (Å²) in [4.78, 5) is 30.7. The Morgan fingerprint density at radius 2 is 1.63 bits per heavy atom. The fraction of sp³-hybridized carbons (Fsp3) is 0.200. The summed E-state index contributed by atoms with van der Waals surface area (Å²) in [7, 11) is 1.75. The number of aromatic nitrogens is 1. The number of aromatic amines is 1. The number of nitrogens with zero attached hydrogens (tertiary/aromatic N) is 1. The number of nitrogens with one attached hydrogen (secondary N) is 1. The summed E-state index contributed by atoms with van der Waals surface area (Å²) in [5.41, 5.74) is 5.81. The van der Waals surface area contributed by atoms with Crippen molar-refractivity contribution < 1.29 is 14.7 Å². The van der Waals surface area contributed by atoms with Crippen LogP contribution in [0.15, 0.2) is 90.6 Å². The lowest BCUT2D eigenvalue weighted by atomic mass is 9.97. The van der Waals surface area contributed by atoms with E-state index in [-0.39, 0.29) is 17.9 Å². The van der Waals surface area contributed by atoms with Crippen LogP contribution in [0, 0.1) is 13.8 Å². The molecule has 0 saturated carbocycles. The van der Waals surface area contributed by atoms with Crippen LogP contribution < -0.4 is 0 Å². The van der Waals surface area contributed by atoms with Crippen molar-refractivity contribution in [2.45, 2.75) is 32.7 Å². The van der Waals surface area contributed by atoms with Gasteiger partial charge in [0.15, 0.2) is 0 Å². The molecule has 0 spiro atoms. The van der Waals surface area contributed by atoms with E-state index in [1.54, 1.807) is 18.0 Å². The van der Waals surface area contributed by atoms with Gasteiger partial charge < -0.3 is 15.0 Å². The molecule has 1 amide bonds. The number of carboxylic acids is 1. The summed E-state index contributed by atoms with van der Waals surface area (Å²) >= 11 is 0. The Morgan fingerprint density at radius 3 is 2.31 bits per heavy atom. The molecule has 0 bridgehead atoms. The fourth-order valence-electron chi connectivity index (χ4n) is 4.54. The lowest BCUT2D eigenvalue weighted by Crippen LogP contribution is -2.38. The highest BCUT2D eigenvalue weighted by Gasteiger charge is 2.23. The molecule has 1 unspecified atom stereocenters. The molecule has 2 N–H and O–H groups in total. The van der Waals surface area contributed by atoms with Gasteiger partial charge >= 0.3 is 5.97 Å². The number of carboxylic acid groups (broad SMARTS) is 1. The molecular weight excluding hydrogens is 436 g/mol. The topological polar surface area (TPSA) is 73.4 Å². The summed E-state index contributed by atoms with van der Waals surface area (Å²) < 4.78 is 0. The predicted octanol–water partition coefficient (Wildman–Crippen LogP) is 5.72. The summed E-state index contributed by atoms with van der Waals surface area (Å²) in [6, 6.07) is 23.0. The van der Waals surface area contributed by atoms with Gasteiger partial charge in [-0.1, -0.05) is 71.8 Å². The number of carbonyl (C=O) groups is 2. The summed E-state index contributed by atoms with van der Waals surface area (Å²) in [6.45, 7) is 3.93. The number of likely N-dealkylation sites (N-methyl/N-ethyl adjacent to an activating group) is 1. The molecule has 0 radical (unpaired) electrons. The average Bonchev–Trinajstić information content (AvgIpc) is 3.25. The van der Waals surface area contributed by atoms with Gasteiger partial charge in [-0.2, -0.15) is 0 Å². The van der Waals surface area contributed by atoms with E-state index >= 15 is 0 Å².